The lowest BCUT2D eigenvalue weighted by Crippen LogP contribution is -2.48. The number of nitrogens with zero attached hydrogens (tertiary/aromatic N) is 3. The van der Waals surface area contributed by atoms with Crippen molar-refractivity contribution in [2.75, 3.05) is 49.1 Å². The molecule has 1 aromatic carbocycles. The van der Waals surface area contributed by atoms with Crippen molar-refractivity contribution < 1.29 is 23.8 Å². The summed E-state index contributed by atoms with van der Waals surface area (Å²) in [6.07, 6.45) is -1.88. The Hall–Kier alpha value is -2.55. The van der Waals surface area contributed by atoms with Crippen LogP contribution in [0.4, 0.5) is 25.4 Å². The van der Waals surface area contributed by atoms with E-state index in [9.17, 15) is 14.0 Å². The van der Waals surface area contributed by atoms with Gasteiger partial charge in [-0.3, -0.25) is 4.90 Å². The minimum Gasteiger partial charge on any atom is -0.465 e. The van der Waals surface area contributed by atoms with Gasteiger partial charge in [0.2, 0.25) is 0 Å². The predicted octanol–water partition coefficient (Wildman–Crippen LogP) is 0.910. The predicted molar refractivity (Wildman–Crippen MR) is 84.9 cm³/mol. The zero-order chi connectivity index (χ0) is 17.3. The van der Waals surface area contributed by atoms with Crippen LogP contribution >= 0.6 is 0 Å². The van der Waals surface area contributed by atoms with Crippen molar-refractivity contribution in [1.29, 1.82) is 0 Å². The van der Waals surface area contributed by atoms with Crippen LogP contribution in [0, 0.1) is 5.82 Å². The summed E-state index contributed by atoms with van der Waals surface area (Å²) < 4.78 is 19.5. The molecule has 1 aromatic rings. The summed E-state index contributed by atoms with van der Waals surface area (Å²) in [6.45, 7) is 2.01. The van der Waals surface area contributed by atoms with Gasteiger partial charge in [-0.25, -0.2) is 14.0 Å². The van der Waals surface area contributed by atoms with Crippen molar-refractivity contribution >= 4 is 23.6 Å². The van der Waals surface area contributed by atoms with Crippen LogP contribution in [0.3, 0.4) is 0 Å². The molecule has 0 bridgehead atoms. The van der Waals surface area contributed by atoms with Crippen LogP contribution in [-0.4, -0.2) is 67.6 Å². The van der Waals surface area contributed by atoms with Crippen molar-refractivity contribution in [3.05, 3.63) is 24.0 Å². The Morgan fingerprint density at radius 1 is 1.33 bits per heavy atom. The molecule has 2 saturated heterocycles. The lowest BCUT2D eigenvalue weighted by Gasteiger charge is -2.34. The molecular formula is C15H19FN4O4. The molecule has 0 aliphatic carbocycles. The molecular weight excluding hydrogens is 319 g/mol. The topological polar surface area (TPSA) is 99.3 Å². The molecule has 24 heavy (non-hydrogen) atoms. The standard InChI is InChI=1S/C15H19FN4O4/c16-12-7-10(20-9-11(8-17)24-15(20)23)1-2-13(12)18-3-5-19(6-4-18)14(21)22/h1-2,7,11H,3-6,8-9,17H2,(H,21,22). The first-order chi connectivity index (χ1) is 11.5. The monoisotopic (exact) mass is 338 g/mol. The van der Waals surface area contributed by atoms with Crippen LogP contribution in [0.25, 0.3) is 0 Å². The Balaban J connectivity index is 1.72. The van der Waals surface area contributed by atoms with E-state index >= 15 is 0 Å². The third kappa shape index (κ3) is 3.07. The molecule has 2 fully saturated rings. The highest BCUT2D eigenvalue weighted by atomic mass is 19.1. The number of carboxylic acid groups (broad SMARTS) is 1. The zero-order valence-electron chi connectivity index (χ0n) is 13.0. The van der Waals surface area contributed by atoms with E-state index in [-0.39, 0.29) is 12.6 Å². The second kappa shape index (κ2) is 6.52. The molecule has 2 aliphatic heterocycles. The van der Waals surface area contributed by atoms with Gasteiger partial charge < -0.3 is 25.4 Å². The smallest absolute Gasteiger partial charge is 0.414 e. The van der Waals surface area contributed by atoms with Crippen molar-refractivity contribution in [3.63, 3.8) is 0 Å². The summed E-state index contributed by atoms with van der Waals surface area (Å²) in [7, 11) is 0. The highest BCUT2D eigenvalue weighted by Crippen LogP contribution is 2.28. The Morgan fingerprint density at radius 3 is 2.58 bits per heavy atom. The number of hydrogen-bond donors (Lipinski definition) is 2. The number of anilines is 2. The Kier molecular flexibility index (Phi) is 4.43. The van der Waals surface area contributed by atoms with Gasteiger partial charge in [0.05, 0.1) is 17.9 Å². The van der Waals surface area contributed by atoms with Gasteiger partial charge in [0.1, 0.15) is 11.9 Å². The van der Waals surface area contributed by atoms with E-state index in [4.69, 9.17) is 15.6 Å². The van der Waals surface area contributed by atoms with Crippen LogP contribution in [0.5, 0.6) is 0 Å². The molecule has 2 aliphatic rings. The van der Waals surface area contributed by atoms with Crippen molar-refractivity contribution in [1.82, 2.24) is 4.90 Å². The number of carbonyl (C=O) groups excluding carboxylic acids is 1. The van der Waals surface area contributed by atoms with Gasteiger partial charge in [0, 0.05) is 32.7 Å². The highest BCUT2D eigenvalue weighted by Gasteiger charge is 2.32. The number of nitrogens with two attached hydrogens (primary N) is 1. The molecule has 2 amide bonds. The lowest BCUT2D eigenvalue weighted by atomic mass is 10.2. The summed E-state index contributed by atoms with van der Waals surface area (Å²) in [6, 6.07) is 4.55. The molecule has 1 atom stereocenters. The first-order valence-corrected chi connectivity index (χ1v) is 7.70. The van der Waals surface area contributed by atoms with E-state index in [0.29, 0.717) is 44.1 Å². The molecule has 0 aromatic heterocycles. The number of piperazine rings is 1. The average molecular weight is 338 g/mol. The summed E-state index contributed by atoms with van der Waals surface area (Å²) in [5.41, 5.74) is 6.30. The fourth-order valence-electron chi connectivity index (χ4n) is 2.91. The van der Waals surface area contributed by atoms with Gasteiger partial charge in [-0.15, -0.1) is 0 Å². The molecule has 3 rings (SSSR count). The molecule has 0 radical (unpaired) electrons. The second-order valence-electron chi connectivity index (χ2n) is 5.74. The van der Waals surface area contributed by atoms with Crippen molar-refractivity contribution in [2.24, 2.45) is 5.73 Å². The van der Waals surface area contributed by atoms with Gasteiger partial charge in [-0.05, 0) is 18.2 Å². The normalized spacial score (nSPS) is 21.2. The summed E-state index contributed by atoms with van der Waals surface area (Å²) >= 11 is 0. The molecule has 1 unspecified atom stereocenters. The summed E-state index contributed by atoms with van der Waals surface area (Å²) in [5, 5.41) is 8.95. The molecule has 0 spiro atoms. The number of carbonyl (C=O) groups is 2. The number of halogens is 1. The van der Waals surface area contributed by atoms with E-state index in [1.54, 1.807) is 17.0 Å². The number of rotatable bonds is 3. The van der Waals surface area contributed by atoms with Gasteiger partial charge >= 0.3 is 12.2 Å². The van der Waals surface area contributed by atoms with Gasteiger partial charge in [-0.2, -0.15) is 0 Å². The SMILES string of the molecule is NCC1CN(c2ccc(N3CCN(C(=O)O)CC3)c(F)c2)C(=O)O1. The maximum absolute atomic E-state index is 14.5. The molecule has 9 heteroatoms. The minimum atomic E-state index is -0.965. The quantitative estimate of drug-likeness (QED) is 0.850. The number of ether oxygens (including phenoxy) is 1. The molecule has 8 nitrogen and oxygen atoms in total. The maximum Gasteiger partial charge on any atom is 0.414 e. The highest BCUT2D eigenvalue weighted by molar-refractivity contribution is 5.90. The zero-order valence-corrected chi connectivity index (χ0v) is 13.0. The first-order valence-electron chi connectivity index (χ1n) is 7.70. The molecule has 2 heterocycles. The fraction of sp³-hybridized carbons (Fsp3) is 0.467. The number of hydrogen-bond acceptors (Lipinski definition) is 5. The van der Waals surface area contributed by atoms with Gasteiger partial charge in [0.25, 0.3) is 0 Å². The van der Waals surface area contributed by atoms with E-state index in [2.05, 4.69) is 0 Å². The number of benzene rings is 1. The number of cyclic esters (lactones) is 1. The van der Waals surface area contributed by atoms with E-state index in [1.807, 2.05) is 0 Å². The first kappa shape index (κ1) is 16.3. The summed E-state index contributed by atoms with van der Waals surface area (Å²) in [4.78, 5) is 27.2. The van der Waals surface area contributed by atoms with Crippen LogP contribution in [0.1, 0.15) is 0 Å². The Morgan fingerprint density at radius 2 is 2.04 bits per heavy atom. The van der Waals surface area contributed by atoms with E-state index in [1.165, 1.54) is 15.9 Å². The third-order valence-corrected chi connectivity index (χ3v) is 4.27. The number of amides is 2. The van der Waals surface area contributed by atoms with Crippen LogP contribution in [0.15, 0.2) is 18.2 Å². The Labute approximate surface area is 138 Å². The van der Waals surface area contributed by atoms with Gasteiger partial charge in [0.15, 0.2) is 0 Å². The average Bonchev–Trinajstić information content (AvgIpc) is 2.96. The third-order valence-electron chi connectivity index (χ3n) is 4.27. The minimum absolute atomic E-state index is 0.219. The summed E-state index contributed by atoms with van der Waals surface area (Å²) in [5.74, 6) is -0.458. The van der Waals surface area contributed by atoms with Crippen molar-refractivity contribution in [2.45, 2.75) is 6.10 Å². The van der Waals surface area contributed by atoms with Gasteiger partial charge in [-0.1, -0.05) is 0 Å². The molecule has 0 saturated carbocycles. The largest absolute Gasteiger partial charge is 0.465 e. The van der Waals surface area contributed by atoms with E-state index < -0.39 is 18.0 Å². The maximum atomic E-state index is 14.5. The van der Waals surface area contributed by atoms with Crippen LogP contribution < -0.4 is 15.5 Å². The van der Waals surface area contributed by atoms with Crippen LogP contribution in [0.2, 0.25) is 0 Å². The second-order valence-corrected chi connectivity index (χ2v) is 5.74. The molecule has 3 N–H and O–H groups in total. The van der Waals surface area contributed by atoms with Crippen LogP contribution in [-0.2, 0) is 4.74 Å². The van der Waals surface area contributed by atoms with Crippen molar-refractivity contribution in [3.8, 4) is 0 Å². The lowest BCUT2D eigenvalue weighted by molar-refractivity contribution is 0.142. The Bertz CT molecular complexity index is 648. The molecule has 130 valence electrons. The fourth-order valence-corrected chi connectivity index (χ4v) is 2.91. The van der Waals surface area contributed by atoms with E-state index in [0.717, 1.165) is 0 Å².